The molecule has 1 heterocycles. The molecule has 2 heteroatoms. The number of hydrogen-bond acceptors (Lipinski definition) is 2. The molecule has 0 bridgehead atoms. The van der Waals surface area contributed by atoms with Crippen LogP contribution in [0.1, 0.15) is 51.4 Å². The fraction of sp³-hybridized carbons (Fsp3) is 1.00. The average Bonchev–Trinajstić information content (AvgIpc) is 2.78. The van der Waals surface area contributed by atoms with Crippen molar-refractivity contribution < 1.29 is 0 Å². The first-order chi connectivity index (χ1) is 7.75. The molecular formula is C14H26N2. The number of nitrogens with two attached hydrogens (primary N) is 1. The molecule has 2 unspecified atom stereocenters. The predicted molar refractivity (Wildman–Crippen MR) is 67.3 cm³/mol. The van der Waals surface area contributed by atoms with Gasteiger partial charge in [-0.05, 0) is 37.5 Å². The Labute approximate surface area is 99.6 Å². The van der Waals surface area contributed by atoms with E-state index < -0.39 is 0 Å². The van der Waals surface area contributed by atoms with Crippen LogP contribution in [0.15, 0.2) is 0 Å². The lowest BCUT2D eigenvalue weighted by atomic mass is 9.82. The van der Waals surface area contributed by atoms with E-state index in [1.807, 2.05) is 0 Å². The van der Waals surface area contributed by atoms with Crippen LogP contribution in [0, 0.1) is 11.8 Å². The van der Waals surface area contributed by atoms with E-state index in [1.165, 1.54) is 71.0 Å². The van der Waals surface area contributed by atoms with Gasteiger partial charge in [-0.2, -0.15) is 0 Å². The zero-order chi connectivity index (χ0) is 11.0. The summed E-state index contributed by atoms with van der Waals surface area (Å²) >= 11 is 0. The lowest BCUT2D eigenvalue weighted by Crippen LogP contribution is -2.51. The fourth-order valence-corrected chi connectivity index (χ4v) is 4.32. The Hall–Kier alpha value is -0.0800. The quantitative estimate of drug-likeness (QED) is 0.777. The van der Waals surface area contributed by atoms with Gasteiger partial charge in [0.25, 0.3) is 0 Å². The third kappa shape index (κ3) is 2.14. The normalized spacial score (nSPS) is 38.8. The van der Waals surface area contributed by atoms with Crippen LogP contribution in [-0.2, 0) is 0 Å². The van der Waals surface area contributed by atoms with E-state index in [1.54, 1.807) is 0 Å². The van der Waals surface area contributed by atoms with Gasteiger partial charge in [0.05, 0.1) is 0 Å². The summed E-state index contributed by atoms with van der Waals surface area (Å²) in [4.78, 5) is 2.68. The van der Waals surface area contributed by atoms with Crippen LogP contribution in [0.2, 0.25) is 0 Å². The Balaban J connectivity index is 1.55. The fourth-order valence-electron chi connectivity index (χ4n) is 4.32. The van der Waals surface area contributed by atoms with Crippen molar-refractivity contribution in [2.75, 3.05) is 19.6 Å². The lowest BCUT2D eigenvalue weighted by molar-refractivity contribution is 0.188. The summed E-state index contributed by atoms with van der Waals surface area (Å²) in [5.41, 5.74) is 6.71. The molecule has 0 aromatic heterocycles. The van der Waals surface area contributed by atoms with Crippen LogP contribution in [0.25, 0.3) is 0 Å². The predicted octanol–water partition coefficient (Wildman–Crippen LogP) is 2.38. The van der Waals surface area contributed by atoms with Gasteiger partial charge in [-0.3, -0.25) is 0 Å². The van der Waals surface area contributed by atoms with Gasteiger partial charge in [-0.1, -0.05) is 25.7 Å². The third-order valence-electron chi connectivity index (χ3n) is 5.19. The van der Waals surface area contributed by atoms with Crippen molar-refractivity contribution in [3.63, 3.8) is 0 Å². The second-order valence-corrected chi connectivity index (χ2v) is 6.57. The minimum absolute atomic E-state index is 0.164. The maximum Gasteiger partial charge on any atom is 0.0283 e. The summed E-state index contributed by atoms with van der Waals surface area (Å²) in [5, 5.41) is 0. The summed E-state index contributed by atoms with van der Waals surface area (Å²) < 4.78 is 0. The van der Waals surface area contributed by atoms with E-state index in [0.717, 1.165) is 11.8 Å². The molecule has 3 rings (SSSR count). The maximum absolute atomic E-state index is 6.55. The van der Waals surface area contributed by atoms with E-state index >= 15 is 0 Å². The molecule has 2 aliphatic carbocycles. The van der Waals surface area contributed by atoms with E-state index in [4.69, 9.17) is 5.73 Å². The highest BCUT2D eigenvalue weighted by molar-refractivity contribution is 4.95. The number of fused-ring (bicyclic) bond motifs is 1. The minimum Gasteiger partial charge on any atom is -0.324 e. The first-order valence-corrected chi connectivity index (χ1v) is 7.26. The van der Waals surface area contributed by atoms with Gasteiger partial charge in [0.15, 0.2) is 0 Å². The summed E-state index contributed by atoms with van der Waals surface area (Å²) in [6, 6.07) is 0. The molecular weight excluding hydrogens is 196 g/mol. The van der Waals surface area contributed by atoms with E-state index in [0.29, 0.717) is 0 Å². The molecule has 3 fully saturated rings. The molecule has 3 aliphatic rings. The summed E-state index contributed by atoms with van der Waals surface area (Å²) in [6.45, 7) is 3.88. The molecule has 0 amide bonds. The maximum atomic E-state index is 6.55. The number of rotatable bonds is 2. The largest absolute Gasteiger partial charge is 0.324 e. The molecule has 92 valence electrons. The van der Waals surface area contributed by atoms with Crippen molar-refractivity contribution in [2.24, 2.45) is 17.6 Å². The molecule has 1 saturated heterocycles. The third-order valence-corrected chi connectivity index (χ3v) is 5.19. The van der Waals surface area contributed by atoms with Crippen LogP contribution in [-0.4, -0.2) is 30.1 Å². The first kappa shape index (κ1) is 11.0. The monoisotopic (exact) mass is 222 g/mol. The number of hydrogen-bond donors (Lipinski definition) is 1. The van der Waals surface area contributed by atoms with E-state index in [-0.39, 0.29) is 5.54 Å². The Bertz CT molecular complexity index is 233. The molecule has 0 radical (unpaired) electrons. The van der Waals surface area contributed by atoms with E-state index in [9.17, 15) is 0 Å². The van der Waals surface area contributed by atoms with Crippen molar-refractivity contribution in [3.05, 3.63) is 0 Å². The molecule has 0 aromatic rings. The molecule has 16 heavy (non-hydrogen) atoms. The molecule has 1 aliphatic heterocycles. The molecule has 2 nitrogen and oxygen atoms in total. The topological polar surface area (TPSA) is 29.3 Å². The van der Waals surface area contributed by atoms with Crippen molar-refractivity contribution in [3.8, 4) is 0 Å². The van der Waals surface area contributed by atoms with Gasteiger partial charge in [0.2, 0.25) is 0 Å². The zero-order valence-electron chi connectivity index (χ0n) is 10.5. The van der Waals surface area contributed by atoms with Crippen molar-refractivity contribution in [1.29, 1.82) is 0 Å². The minimum atomic E-state index is 0.164. The molecule has 2 N–H and O–H groups in total. The Morgan fingerprint density at radius 1 is 0.938 bits per heavy atom. The Morgan fingerprint density at radius 2 is 1.56 bits per heavy atom. The van der Waals surface area contributed by atoms with Crippen LogP contribution < -0.4 is 5.73 Å². The van der Waals surface area contributed by atoms with Crippen LogP contribution in [0.3, 0.4) is 0 Å². The Morgan fingerprint density at radius 3 is 2.19 bits per heavy atom. The second-order valence-electron chi connectivity index (χ2n) is 6.57. The second kappa shape index (κ2) is 4.30. The SMILES string of the molecule is NC1(CN2CC3CCCC3C2)CCCCC1. The van der Waals surface area contributed by atoms with Crippen molar-refractivity contribution >= 4 is 0 Å². The van der Waals surface area contributed by atoms with E-state index in [2.05, 4.69) is 4.90 Å². The summed E-state index contributed by atoms with van der Waals surface area (Å²) in [7, 11) is 0. The zero-order valence-corrected chi connectivity index (χ0v) is 10.5. The lowest BCUT2D eigenvalue weighted by Gasteiger charge is -2.37. The molecule has 0 spiro atoms. The van der Waals surface area contributed by atoms with Gasteiger partial charge in [0.1, 0.15) is 0 Å². The van der Waals surface area contributed by atoms with Crippen molar-refractivity contribution in [1.82, 2.24) is 4.90 Å². The van der Waals surface area contributed by atoms with Gasteiger partial charge in [-0.15, -0.1) is 0 Å². The number of nitrogens with zero attached hydrogens (tertiary/aromatic N) is 1. The highest BCUT2D eigenvalue weighted by Gasteiger charge is 2.39. The molecule has 2 atom stereocenters. The van der Waals surface area contributed by atoms with Crippen LogP contribution in [0.5, 0.6) is 0 Å². The molecule has 2 saturated carbocycles. The highest BCUT2D eigenvalue weighted by atomic mass is 15.2. The van der Waals surface area contributed by atoms with Crippen LogP contribution in [0.4, 0.5) is 0 Å². The van der Waals surface area contributed by atoms with Gasteiger partial charge in [-0.25, -0.2) is 0 Å². The average molecular weight is 222 g/mol. The first-order valence-electron chi connectivity index (χ1n) is 7.26. The smallest absolute Gasteiger partial charge is 0.0283 e. The summed E-state index contributed by atoms with van der Waals surface area (Å²) in [6.07, 6.45) is 11.1. The van der Waals surface area contributed by atoms with Gasteiger partial charge < -0.3 is 10.6 Å². The molecule has 0 aromatic carbocycles. The van der Waals surface area contributed by atoms with Crippen LogP contribution >= 0.6 is 0 Å². The van der Waals surface area contributed by atoms with Gasteiger partial charge >= 0.3 is 0 Å². The number of likely N-dealkylation sites (tertiary alicyclic amines) is 1. The van der Waals surface area contributed by atoms with Crippen molar-refractivity contribution in [2.45, 2.75) is 56.9 Å². The Kier molecular flexibility index (Phi) is 2.97. The summed E-state index contributed by atoms with van der Waals surface area (Å²) in [5.74, 6) is 2.04. The highest BCUT2D eigenvalue weighted by Crippen LogP contribution is 2.38. The van der Waals surface area contributed by atoms with Gasteiger partial charge in [0, 0.05) is 25.2 Å². The standard InChI is InChI=1S/C14H26N2/c15-14(7-2-1-3-8-14)11-16-9-12-5-4-6-13(12)10-16/h12-13H,1-11,15H2.